The molecule has 2 unspecified atom stereocenters. The van der Waals surface area contributed by atoms with Gasteiger partial charge in [-0.3, -0.25) is 0 Å². The van der Waals surface area contributed by atoms with Gasteiger partial charge < -0.3 is 15.2 Å². The smallest absolute Gasteiger partial charge is 0.142 e. The van der Waals surface area contributed by atoms with Crippen molar-refractivity contribution in [2.24, 2.45) is 5.41 Å². The normalized spacial score (nSPS) is 19.8. The molecule has 0 saturated carbocycles. The molecule has 0 fully saturated rings. The first-order valence-corrected chi connectivity index (χ1v) is 8.05. The number of nitrogens with one attached hydrogen (secondary N) is 1. The highest BCUT2D eigenvalue weighted by molar-refractivity contribution is 6.35. The van der Waals surface area contributed by atoms with Crippen molar-refractivity contribution in [3.63, 3.8) is 0 Å². The maximum atomic E-state index is 10.1. The molecule has 1 aromatic rings. The van der Waals surface area contributed by atoms with Crippen LogP contribution in [0.25, 0.3) is 0 Å². The highest BCUT2D eigenvalue weighted by atomic mass is 35.5. The Balaban J connectivity index is 2.04. The van der Waals surface area contributed by atoms with E-state index in [1.165, 1.54) is 0 Å². The Bertz CT molecular complexity index is 500. The van der Waals surface area contributed by atoms with Gasteiger partial charge in [0.05, 0.1) is 17.7 Å². The molecule has 0 spiro atoms. The van der Waals surface area contributed by atoms with E-state index in [4.69, 9.17) is 27.9 Å². The zero-order valence-corrected chi connectivity index (χ0v) is 14.3. The quantitative estimate of drug-likeness (QED) is 0.868. The van der Waals surface area contributed by atoms with Crippen molar-refractivity contribution in [1.82, 2.24) is 5.32 Å². The molecule has 0 bridgehead atoms. The van der Waals surface area contributed by atoms with Crippen molar-refractivity contribution in [3.8, 4) is 5.75 Å². The predicted octanol–water partition coefficient (Wildman–Crippen LogP) is 4.20. The van der Waals surface area contributed by atoms with Crippen LogP contribution in [0.15, 0.2) is 12.1 Å². The van der Waals surface area contributed by atoms with Gasteiger partial charge in [-0.2, -0.15) is 0 Å². The summed E-state index contributed by atoms with van der Waals surface area (Å²) in [6, 6.07) is 3.69. The van der Waals surface area contributed by atoms with Crippen LogP contribution in [0.5, 0.6) is 5.75 Å². The van der Waals surface area contributed by atoms with E-state index in [9.17, 15) is 5.11 Å². The molecule has 3 nitrogen and oxygen atoms in total. The van der Waals surface area contributed by atoms with E-state index < -0.39 is 0 Å². The van der Waals surface area contributed by atoms with Crippen LogP contribution >= 0.6 is 23.2 Å². The molecule has 0 aliphatic carbocycles. The fourth-order valence-electron chi connectivity index (χ4n) is 2.70. The van der Waals surface area contributed by atoms with E-state index in [2.05, 4.69) is 26.1 Å². The van der Waals surface area contributed by atoms with Crippen molar-refractivity contribution in [3.05, 3.63) is 27.7 Å². The molecule has 21 heavy (non-hydrogen) atoms. The van der Waals surface area contributed by atoms with Gasteiger partial charge in [0.2, 0.25) is 0 Å². The topological polar surface area (TPSA) is 41.5 Å². The molecule has 0 amide bonds. The fourth-order valence-corrected chi connectivity index (χ4v) is 3.26. The minimum Gasteiger partial charge on any atom is -0.492 e. The van der Waals surface area contributed by atoms with Gasteiger partial charge in [0.1, 0.15) is 5.75 Å². The summed E-state index contributed by atoms with van der Waals surface area (Å²) in [4.78, 5) is 0. The number of fused-ring (bicyclic) bond motifs is 1. The lowest BCUT2D eigenvalue weighted by molar-refractivity contribution is 0.113. The third-order valence-electron chi connectivity index (χ3n) is 3.51. The molecule has 2 atom stereocenters. The third kappa shape index (κ3) is 4.75. The Labute approximate surface area is 136 Å². The summed E-state index contributed by atoms with van der Waals surface area (Å²) >= 11 is 12.3. The number of ether oxygens (including phenoxy) is 1. The zero-order chi connectivity index (χ0) is 15.6. The number of hydrogen-bond donors (Lipinski definition) is 2. The van der Waals surface area contributed by atoms with Crippen molar-refractivity contribution in [2.45, 2.75) is 45.8 Å². The molecule has 0 aromatic heterocycles. The van der Waals surface area contributed by atoms with Crippen LogP contribution in [0.3, 0.4) is 0 Å². The lowest BCUT2D eigenvalue weighted by atomic mass is 9.89. The van der Waals surface area contributed by atoms with Crippen molar-refractivity contribution >= 4 is 23.2 Å². The molecule has 0 radical (unpaired) electrons. The van der Waals surface area contributed by atoms with E-state index in [1.54, 1.807) is 6.07 Å². The molecular formula is C16H23Cl2NO2. The first-order valence-electron chi connectivity index (χ1n) is 7.29. The van der Waals surface area contributed by atoms with E-state index in [-0.39, 0.29) is 17.6 Å². The maximum Gasteiger partial charge on any atom is 0.142 e. The lowest BCUT2D eigenvalue weighted by Crippen LogP contribution is -2.35. The van der Waals surface area contributed by atoms with Gasteiger partial charge in [0, 0.05) is 29.6 Å². The van der Waals surface area contributed by atoms with Gasteiger partial charge in [-0.25, -0.2) is 0 Å². The highest BCUT2D eigenvalue weighted by Gasteiger charge is 2.25. The van der Waals surface area contributed by atoms with Gasteiger partial charge in [-0.1, -0.05) is 44.0 Å². The zero-order valence-electron chi connectivity index (χ0n) is 12.7. The summed E-state index contributed by atoms with van der Waals surface area (Å²) in [6.07, 6.45) is 1.23. The maximum absolute atomic E-state index is 10.1. The Morgan fingerprint density at radius 1 is 1.38 bits per heavy atom. The Kier molecular flexibility index (Phi) is 5.42. The Morgan fingerprint density at radius 3 is 2.76 bits per heavy atom. The minimum absolute atomic E-state index is 0.111. The number of rotatable bonds is 4. The second-order valence-corrected chi connectivity index (χ2v) is 7.67. The fraction of sp³-hybridized carbons (Fsp3) is 0.625. The summed E-state index contributed by atoms with van der Waals surface area (Å²) in [6.45, 7) is 7.53. The number of hydrogen-bond acceptors (Lipinski definition) is 3. The number of aliphatic hydroxyl groups is 1. The second kappa shape index (κ2) is 6.74. The van der Waals surface area contributed by atoms with Gasteiger partial charge in [-0.15, -0.1) is 0 Å². The molecular weight excluding hydrogens is 309 g/mol. The van der Waals surface area contributed by atoms with Crippen LogP contribution in [0.1, 0.15) is 45.2 Å². The SMILES string of the molecule is CC(C)(C)CC(O)CNC1CCOc2c(Cl)cc(Cl)cc21. The second-order valence-electron chi connectivity index (χ2n) is 6.82. The molecule has 2 rings (SSSR count). The summed E-state index contributed by atoms with van der Waals surface area (Å²) < 4.78 is 5.63. The van der Waals surface area contributed by atoms with E-state index in [0.717, 1.165) is 18.4 Å². The molecule has 1 aromatic carbocycles. The van der Waals surface area contributed by atoms with Crippen LogP contribution in [0.4, 0.5) is 0 Å². The Hall–Kier alpha value is -0.480. The summed E-state index contributed by atoms with van der Waals surface area (Å²) in [5.41, 5.74) is 1.09. The van der Waals surface area contributed by atoms with E-state index >= 15 is 0 Å². The summed E-state index contributed by atoms with van der Waals surface area (Å²) in [7, 11) is 0. The van der Waals surface area contributed by atoms with Crippen molar-refractivity contribution in [1.29, 1.82) is 0 Å². The minimum atomic E-state index is -0.369. The molecule has 1 heterocycles. The molecule has 5 heteroatoms. The van der Waals surface area contributed by atoms with Crippen molar-refractivity contribution < 1.29 is 9.84 Å². The third-order valence-corrected chi connectivity index (χ3v) is 4.01. The molecule has 2 N–H and O–H groups in total. The predicted molar refractivity (Wildman–Crippen MR) is 87.4 cm³/mol. The van der Waals surface area contributed by atoms with E-state index in [1.807, 2.05) is 6.07 Å². The van der Waals surface area contributed by atoms with Gasteiger partial charge in [-0.05, 0) is 24.0 Å². The van der Waals surface area contributed by atoms with Crippen LogP contribution in [-0.4, -0.2) is 24.4 Å². The molecule has 0 saturated heterocycles. The molecule has 1 aliphatic heterocycles. The van der Waals surface area contributed by atoms with Gasteiger partial charge >= 0.3 is 0 Å². The number of aliphatic hydroxyl groups excluding tert-OH is 1. The summed E-state index contributed by atoms with van der Waals surface area (Å²) in [5.74, 6) is 0.704. The monoisotopic (exact) mass is 331 g/mol. The first kappa shape index (κ1) is 16.9. The van der Waals surface area contributed by atoms with Crippen molar-refractivity contribution in [2.75, 3.05) is 13.2 Å². The van der Waals surface area contributed by atoms with E-state index in [0.29, 0.717) is 28.9 Å². The number of benzene rings is 1. The lowest BCUT2D eigenvalue weighted by Gasteiger charge is -2.29. The summed E-state index contributed by atoms with van der Waals surface area (Å²) in [5, 5.41) is 14.7. The number of halogens is 2. The average molecular weight is 332 g/mol. The van der Waals surface area contributed by atoms with Crippen LogP contribution < -0.4 is 10.1 Å². The molecule has 1 aliphatic rings. The largest absolute Gasteiger partial charge is 0.492 e. The van der Waals surface area contributed by atoms with Gasteiger partial charge in [0.25, 0.3) is 0 Å². The van der Waals surface area contributed by atoms with Crippen LogP contribution in [-0.2, 0) is 0 Å². The first-order chi connectivity index (χ1) is 9.76. The van der Waals surface area contributed by atoms with Gasteiger partial charge in [0.15, 0.2) is 0 Å². The molecule has 118 valence electrons. The average Bonchev–Trinajstić information content (AvgIpc) is 2.34. The standard InChI is InChI=1S/C16H23Cl2NO2/c1-16(2,3)8-11(20)9-19-14-4-5-21-15-12(14)6-10(17)7-13(15)18/h6-7,11,14,19-20H,4-5,8-9H2,1-3H3. The van der Waals surface area contributed by atoms with Crippen LogP contribution in [0, 0.1) is 5.41 Å². The van der Waals surface area contributed by atoms with Crippen LogP contribution in [0.2, 0.25) is 10.0 Å². The highest BCUT2D eigenvalue weighted by Crippen LogP contribution is 2.39. The Morgan fingerprint density at radius 2 is 2.10 bits per heavy atom.